The summed E-state index contributed by atoms with van der Waals surface area (Å²) in [6, 6.07) is 146. The predicted octanol–water partition coefficient (Wildman–Crippen LogP) is 25.7. The summed E-state index contributed by atoms with van der Waals surface area (Å²) in [6.07, 6.45) is 0. The third-order valence-electron chi connectivity index (χ3n) is 22.9. The molecule has 0 aliphatic heterocycles. The van der Waals surface area contributed by atoms with Crippen molar-refractivity contribution in [3.8, 4) is 157 Å². The van der Waals surface area contributed by atoms with Gasteiger partial charge < -0.3 is 0 Å². The van der Waals surface area contributed by atoms with E-state index < -0.39 is 10.8 Å². The summed E-state index contributed by atoms with van der Waals surface area (Å²) in [5.41, 5.74) is 36.3. The first-order valence-electron chi connectivity index (χ1n) is 37.7. The highest BCUT2D eigenvalue weighted by Crippen LogP contribution is 2.64. The van der Waals surface area contributed by atoms with Crippen LogP contribution in [0.4, 0.5) is 0 Å². The van der Waals surface area contributed by atoms with Crippen molar-refractivity contribution in [3.63, 3.8) is 0 Å². The summed E-state index contributed by atoms with van der Waals surface area (Å²) in [7, 11) is 0. The molecule has 0 atom stereocenters. The number of hydrogen-bond donors (Lipinski definition) is 0. The standard InChI is InChI=1S/C53H34N2.C52H33N3/c1-3-16-35(17-4-1)37-20-15-21-38(32-37)51-34-50(36-18-5-2-6-19-36)54-52(55-51)39-30-31-49-45(33-39)41-23-8-7-22-40(41)42-24-9-12-27-46(42)53(49)47-28-13-10-25-43(47)44-26-11-14-29-48(44)53;1-3-16-34(17-4-1)36-20-15-21-37(32-36)50-53-49(35-18-5-2-6-19-35)54-51(55-50)38-30-31-44-40-23-8-7-22-39(40)41-24-9-12-27-45(41)52(48(44)33-38)46-28-13-10-25-42(46)43-26-11-14-29-47(43)52/h1-34H;1-33H. The Balaban J connectivity index is 0.000000140. The fourth-order valence-corrected chi connectivity index (χ4v) is 18.2. The number of nitrogens with zero attached hydrogens (tertiary/aromatic N) is 5. The van der Waals surface area contributed by atoms with Crippen LogP contribution in [0, 0.1) is 0 Å². The van der Waals surface area contributed by atoms with E-state index in [0.29, 0.717) is 23.3 Å². The molecule has 2 aromatic heterocycles. The van der Waals surface area contributed by atoms with E-state index in [9.17, 15) is 0 Å². The number of hydrogen-bond acceptors (Lipinski definition) is 5. The average molecular weight is 1400 g/mol. The number of aromatic nitrogens is 5. The SMILES string of the molecule is c1ccc(-c2cccc(-c3cc(-c4ccccc4)nc(-c4ccc5c(c4)-c4ccccc4-c4ccccc4C54c5ccccc5-c5ccccc54)n3)c2)cc1.c1ccc(-c2cccc(-c3nc(-c4ccccc4)nc(-c4ccc5c(c4)C4(c6ccccc6-c6ccccc6-5)c5ccccc5-c5ccccc54)n3)c2)cc1. The van der Waals surface area contributed by atoms with Crippen LogP contribution in [0.2, 0.25) is 0 Å². The zero-order valence-corrected chi connectivity index (χ0v) is 59.9. The van der Waals surface area contributed by atoms with E-state index in [2.05, 4.69) is 376 Å². The molecule has 0 bridgehead atoms. The van der Waals surface area contributed by atoms with Crippen molar-refractivity contribution in [2.75, 3.05) is 0 Å². The minimum atomic E-state index is -0.587. The van der Waals surface area contributed by atoms with Crippen molar-refractivity contribution in [1.29, 1.82) is 0 Å². The quantitative estimate of drug-likeness (QED) is 0.152. The minimum absolute atomic E-state index is 0.521. The monoisotopic (exact) mass is 1400 g/mol. The van der Waals surface area contributed by atoms with Crippen LogP contribution >= 0.6 is 0 Å². The summed E-state index contributed by atoms with van der Waals surface area (Å²) >= 11 is 0. The molecular formula is C105H67N5. The van der Waals surface area contributed by atoms with Gasteiger partial charge in [-0.05, 0) is 164 Å². The molecule has 5 nitrogen and oxygen atoms in total. The van der Waals surface area contributed by atoms with Crippen LogP contribution < -0.4 is 0 Å². The molecule has 5 heteroatoms. The molecular weight excluding hydrogens is 1330 g/mol. The van der Waals surface area contributed by atoms with Crippen molar-refractivity contribution in [2.24, 2.45) is 0 Å². The van der Waals surface area contributed by atoms with Gasteiger partial charge in [-0.3, -0.25) is 0 Å². The molecule has 4 aliphatic rings. The smallest absolute Gasteiger partial charge is 0.164 e. The summed E-state index contributed by atoms with van der Waals surface area (Å²) in [5, 5.41) is 0. The van der Waals surface area contributed by atoms with Crippen molar-refractivity contribution in [2.45, 2.75) is 10.8 Å². The Labute approximate surface area is 639 Å². The Hall–Kier alpha value is -14.4. The Bertz CT molecular complexity index is 6560. The van der Waals surface area contributed by atoms with Gasteiger partial charge in [0, 0.05) is 33.4 Å². The molecule has 22 rings (SSSR count). The molecule has 0 radical (unpaired) electrons. The van der Waals surface area contributed by atoms with Crippen molar-refractivity contribution < 1.29 is 0 Å². The Morgan fingerprint density at radius 2 is 0.391 bits per heavy atom. The second-order valence-corrected chi connectivity index (χ2v) is 28.8. The number of benzene rings is 16. The van der Waals surface area contributed by atoms with Crippen LogP contribution in [-0.4, -0.2) is 24.9 Å². The lowest BCUT2D eigenvalue weighted by molar-refractivity contribution is 0.775. The van der Waals surface area contributed by atoms with Gasteiger partial charge in [0.15, 0.2) is 23.3 Å². The van der Waals surface area contributed by atoms with Crippen LogP contribution in [0.15, 0.2) is 406 Å². The lowest BCUT2D eigenvalue weighted by Crippen LogP contribution is -2.29. The molecule has 2 heterocycles. The highest BCUT2D eigenvalue weighted by atomic mass is 15.0. The number of rotatable bonds is 8. The molecule has 512 valence electrons. The van der Waals surface area contributed by atoms with Gasteiger partial charge in [0.25, 0.3) is 0 Å². The van der Waals surface area contributed by atoms with Gasteiger partial charge in [-0.1, -0.05) is 376 Å². The summed E-state index contributed by atoms with van der Waals surface area (Å²) in [4.78, 5) is 26.3. The molecule has 0 amide bonds. The summed E-state index contributed by atoms with van der Waals surface area (Å²) in [6.45, 7) is 0. The van der Waals surface area contributed by atoms with E-state index in [1.807, 2.05) is 30.3 Å². The van der Waals surface area contributed by atoms with E-state index in [4.69, 9.17) is 24.9 Å². The van der Waals surface area contributed by atoms with E-state index in [0.717, 1.165) is 61.5 Å². The summed E-state index contributed by atoms with van der Waals surface area (Å²) in [5.74, 6) is 2.61. The highest BCUT2D eigenvalue weighted by Gasteiger charge is 2.51. The Kier molecular flexibility index (Phi) is 15.3. The molecule has 0 fully saturated rings. The molecule has 0 unspecified atom stereocenters. The second kappa shape index (κ2) is 26.3. The lowest BCUT2D eigenvalue weighted by Gasteiger charge is -2.35. The Morgan fingerprint density at radius 3 is 0.836 bits per heavy atom. The van der Waals surface area contributed by atoms with Crippen molar-refractivity contribution >= 4 is 0 Å². The van der Waals surface area contributed by atoms with E-state index in [-0.39, 0.29) is 0 Å². The normalized spacial score (nSPS) is 12.9. The molecule has 16 aromatic carbocycles. The largest absolute Gasteiger partial charge is 0.228 e. The Morgan fingerprint density at radius 1 is 0.127 bits per heavy atom. The molecule has 0 N–H and O–H groups in total. The highest BCUT2D eigenvalue weighted by molar-refractivity contribution is 6.00. The van der Waals surface area contributed by atoms with Gasteiger partial charge in [0.1, 0.15) is 0 Å². The molecule has 2 spiro atoms. The maximum Gasteiger partial charge on any atom is 0.164 e. The van der Waals surface area contributed by atoms with Gasteiger partial charge in [-0.2, -0.15) is 0 Å². The fraction of sp³-hybridized carbons (Fsp3) is 0.0190. The van der Waals surface area contributed by atoms with Crippen LogP contribution in [0.1, 0.15) is 44.5 Å². The first kappa shape index (κ1) is 64.0. The summed E-state index contributed by atoms with van der Waals surface area (Å²) < 4.78 is 0. The molecule has 110 heavy (non-hydrogen) atoms. The van der Waals surface area contributed by atoms with Crippen molar-refractivity contribution in [1.82, 2.24) is 24.9 Å². The lowest BCUT2D eigenvalue weighted by atomic mass is 9.65. The van der Waals surface area contributed by atoms with E-state index >= 15 is 0 Å². The van der Waals surface area contributed by atoms with Gasteiger partial charge in [0.05, 0.1) is 22.2 Å². The first-order valence-corrected chi connectivity index (χ1v) is 37.7. The van der Waals surface area contributed by atoms with E-state index in [1.165, 1.54) is 117 Å². The van der Waals surface area contributed by atoms with Gasteiger partial charge in [0.2, 0.25) is 0 Å². The average Bonchev–Trinajstić information content (AvgIpc) is 1.52. The van der Waals surface area contributed by atoms with E-state index in [1.54, 1.807) is 0 Å². The van der Waals surface area contributed by atoms with Crippen LogP contribution in [0.3, 0.4) is 0 Å². The van der Waals surface area contributed by atoms with Gasteiger partial charge in [-0.25, -0.2) is 24.9 Å². The molecule has 4 aliphatic carbocycles. The first-order chi connectivity index (χ1) is 54.5. The number of fused-ring (bicyclic) bond motifs is 24. The zero-order chi connectivity index (χ0) is 72.7. The second-order valence-electron chi connectivity index (χ2n) is 28.8. The molecule has 0 saturated heterocycles. The van der Waals surface area contributed by atoms with Crippen LogP contribution in [-0.2, 0) is 10.8 Å². The minimum Gasteiger partial charge on any atom is -0.228 e. The van der Waals surface area contributed by atoms with Crippen molar-refractivity contribution in [3.05, 3.63) is 451 Å². The predicted molar refractivity (Wildman–Crippen MR) is 449 cm³/mol. The molecule has 18 aromatic rings. The zero-order valence-electron chi connectivity index (χ0n) is 59.9. The third kappa shape index (κ3) is 10.3. The third-order valence-corrected chi connectivity index (χ3v) is 22.9. The van der Waals surface area contributed by atoms with Gasteiger partial charge in [-0.15, -0.1) is 0 Å². The maximum absolute atomic E-state index is 5.35. The van der Waals surface area contributed by atoms with Crippen LogP contribution in [0.25, 0.3) is 157 Å². The maximum atomic E-state index is 5.35. The topological polar surface area (TPSA) is 64.5 Å². The molecule has 0 saturated carbocycles. The fourth-order valence-electron chi connectivity index (χ4n) is 18.2. The van der Waals surface area contributed by atoms with Crippen LogP contribution in [0.5, 0.6) is 0 Å². The van der Waals surface area contributed by atoms with Gasteiger partial charge >= 0.3 is 0 Å².